The van der Waals surface area contributed by atoms with Crippen molar-refractivity contribution in [2.45, 2.75) is 20.4 Å². The number of rotatable bonds is 3. The van der Waals surface area contributed by atoms with Crippen LogP contribution in [0.3, 0.4) is 0 Å². The highest BCUT2D eigenvalue weighted by Crippen LogP contribution is 2.16. The molecule has 2 N–H and O–H groups in total. The highest BCUT2D eigenvalue weighted by molar-refractivity contribution is 5.94. The standard InChI is InChI=1S/C14H14FN3O2/c1-8-5-9(2)18-13(17-8)7-16-14(20)10-3-4-12(19)11(15)6-10/h3-6,19H,7H2,1-2H3,(H,16,20). The zero-order valence-corrected chi connectivity index (χ0v) is 11.1. The van der Waals surface area contributed by atoms with Gasteiger partial charge in [-0.2, -0.15) is 0 Å². The summed E-state index contributed by atoms with van der Waals surface area (Å²) in [5.74, 6) is -1.28. The number of amides is 1. The van der Waals surface area contributed by atoms with Gasteiger partial charge in [0, 0.05) is 17.0 Å². The molecule has 0 fully saturated rings. The molecule has 104 valence electrons. The Kier molecular flexibility index (Phi) is 3.93. The molecule has 1 aromatic carbocycles. The number of aryl methyl sites for hydroxylation is 2. The lowest BCUT2D eigenvalue weighted by atomic mass is 10.2. The van der Waals surface area contributed by atoms with Crippen molar-refractivity contribution < 1.29 is 14.3 Å². The Morgan fingerprint density at radius 3 is 2.50 bits per heavy atom. The fraction of sp³-hybridized carbons (Fsp3) is 0.214. The fourth-order valence-corrected chi connectivity index (χ4v) is 1.79. The number of carbonyl (C=O) groups is 1. The highest BCUT2D eigenvalue weighted by atomic mass is 19.1. The second kappa shape index (κ2) is 5.64. The summed E-state index contributed by atoms with van der Waals surface area (Å²) in [5.41, 5.74) is 1.76. The molecule has 1 heterocycles. The average Bonchev–Trinajstić information content (AvgIpc) is 2.38. The van der Waals surface area contributed by atoms with Crippen LogP contribution in [0.1, 0.15) is 27.6 Å². The molecule has 20 heavy (non-hydrogen) atoms. The topological polar surface area (TPSA) is 75.1 Å². The van der Waals surface area contributed by atoms with Crippen LogP contribution in [-0.2, 0) is 6.54 Å². The van der Waals surface area contributed by atoms with Gasteiger partial charge in [0.1, 0.15) is 5.82 Å². The van der Waals surface area contributed by atoms with Crippen molar-refractivity contribution in [1.29, 1.82) is 0 Å². The maximum Gasteiger partial charge on any atom is 0.251 e. The largest absolute Gasteiger partial charge is 0.505 e. The maximum absolute atomic E-state index is 13.2. The van der Waals surface area contributed by atoms with Gasteiger partial charge < -0.3 is 10.4 Å². The third-order valence-electron chi connectivity index (χ3n) is 2.65. The third kappa shape index (κ3) is 3.28. The normalized spacial score (nSPS) is 10.3. The highest BCUT2D eigenvalue weighted by Gasteiger charge is 2.09. The Morgan fingerprint density at radius 1 is 1.25 bits per heavy atom. The monoisotopic (exact) mass is 275 g/mol. The first kappa shape index (κ1) is 13.9. The Labute approximate surface area is 115 Å². The minimum atomic E-state index is -0.833. The molecule has 0 atom stereocenters. The summed E-state index contributed by atoms with van der Waals surface area (Å²) < 4.78 is 13.2. The predicted molar refractivity (Wildman–Crippen MR) is 70.7 cm³/mol. The second-order valence-electron chi connectivity index (χ2n) is 4.42. The first-order chi connectivity index (χ1) is 9.45. The predicted octanol–water partition coefficient (Wildman–Crippen LogP) is 1.87. The van der Waals surface area contributed by atoms with Crippen molar-refractivity contribution in [3.8, 4) is 5.75 Å². The minimum Gasteiger partial charge on any atom is -0.505 e. The summed E-state index contributed by atoms with van der Waals surface area (Å²) in [4.78, 5) is 20.2. The lowest BCUT2D eigenvalue weighted by molar-refractivity contribution is 0.0949. The quantitative estimate of drug-likeness (QED) is 0.896. The number of carbonyl (C=O) groups excluding carboxylic acids is 1. The Hall–Kier alpha value is -2.50. The van der Waals surface area contributed by atoms with Gasteiger partial charge in [-0.05, 0) is 38.1 Å². The van der Waals surface area contributed by atoms with E-state index < -0.39 is 17.5 Å². The molecule has 2 rings (SSSR count). The fourth-order valence-electron chi connectivity index (χ4n) is 1.79. The van der Waals surface area contributed by atoms with Crippen molar-refractivity contribution in [2.75, 3.05) is 0 Å². The smallest absolute Gasteiger partial charge is 0.251 e. The molecule has 0 aliphatic carbocycles. The van der Waals surface area contributed by atoms with Gasteiger partial charge in [-0.15, -0.1) is 0 Å². The first-order valence-corrected chi connectivity index (χ1v) is 6.03. The van der Waals surface area contributed by atoms with E-state index in [-0.39, 0.29) is 12.1 Å². The van der Waals surface area contributed by atoms with Crippen LogP contribution in [0.2, 0.25) is 0 Å². The molecule has 0 aliphatic heterocycles. The molecule has 0 radical (unpaired) electrons. The van der Waals surface area contributed by atoms with Crippen LogP contribution in [0, 0.1) is 19.7 Å². The number of phenols is 1. The van der Waals surface area contributed by atoms with Crippen molar-refractivity contribution in [1.82, 2.24) is 15.3 Å². The average molecular weight is 275 g/mol. The van der Waals surface area contributed by atoms with E-state index in [1.165, 1.54) is 6.07 Å². The number of nitrogens with zero attached hydrogens (tertiary/aromatic N) is 2. The van der Waals surface area contributed by atoms with Gasteiger partial charge in [-0.1, -0.05) is 0 Å². The lowest BCUT2D eigenvalue weighted by Gasteiger charge is -2.06. The van der Waals surface area contributed by atoms with E-state index in [1.807, 2.05) is 19.9 Å². The molecule has 6 heteroatoms. The van der Waals surface area contributed by atoms with Crippen molar-refractivity contribution in [3.05, 3.63) is 52.9 Å². The summed E-state index contributed by atoms with van der Waals surface area (Å²) in [6, 6.07) is 5.29. The van der Waals surface area contributed by atoms with E-state index in [2.05, 4.69) is 15.3 Å². The Morgan fingerprint density at radius 2 is 1.90 bits per heavy atom. The van der Waals surface area contributed by atoms with E-state index in [0.29, 0.717) is 5.82 Å². The zero-order chi connectivity index (χ0) is 14.7. The van der Waals surface area contributed by atoms with E-state index in [4.69, 9.17) is 5.11 Å². The van der Waals surface area contributed by atoms with Crippen molar-refractivity contribution >= 4 is 5.91 Å². The number of halogens is 1. The van der Waals surface area contributed by atoms with E-state index in [9.17, 15) is 9.18 Å². The summed E-state index contributed by atoms with van der Waals surface area (Å²) >= 11 is 0. The maximum atomic E-state index is 13.2. The van der Waals surface area contributed by atoms with Crippen LogP contribution >= 0.6 is 0 Å². The van der Waals surface area contributed by atoms with E-state index in [0.717, 1.165) is 23.5 Å². The molecule has 5 nitrogen and oxygen atoms in total. The molecule has 0 spiro atoms. The van der Waals surface area contributed by atoms with Crippen LogP contribution in [-0.4, -0.2) is 21.0 Å². The Balaban J connectivity index is 2.06. The van der Waals surface area contributed by atoms with Crippen LogP contribution < -0.4 is 5.32 Å². The molecule has 2 aromatic rings. The van der Waals surface area contributed by atoms with Gasteiger partial charge in [-0.25, -0.2) is 14.4 Å². The minimum absolute atomic E-state index is 0.129. The molecule has 1 aromatic heterocycles. The Bertz CT molecular complexity index is 639. The SMILES string of the molecule is Cc1cc(C)nc(CNC(=O)c2ccc(O)c(F)c2)n1. The van der Waals surface area contributed by atoms with Gasteiger partial charge in [0.25, 0.3) is 5.91 Å². The number of aromatic hydroxyl groups is 1. The van der Waals surface area contributed by atoms with E-state index >= 15 is 0 Å². The molecule has 0 aliphatic rings. The molecular weight excluding hydrogens is 261 g/mol. The number of benzene rings is 1. The number of hydrogen-bond donors (Lipinski definition) is 2. The van der Waals surface area contributed by atoms with Crippen molar-refractivity contribution in [3.63, 3.8) is 0 Å². The van der Waals surface area contributed by atoms with Gasteiger partial charge in [0.05, 0.1) is 6.54 Å². The number of nitrogens with one attached hydrogen (secondary N) is 1. The lowest BCUT2D eigenvalue weighted by Crippen LogP contribution is -2.24. The molecule has 0 saturated carbocycles. The van der Waals surface area contributed by atoms with Crippen LogP contribution in [0.15, 0.2) is 24.3 Å². The van der Waals surface area contributed by atoms with E-state index in [1.54, 1.807) is 0 Å². The first-order valence-electron chi connectivity index (χ1n) is 6.03. The number of aromatic nitrogens is 2. The van der Waals surface area contributed by atoms with Gasteiger partial charge in [0.15, 0.2) is 11.6 Å². The molecule has 0 saturated heterocycles. The van der Waals surface area contributed by atoms with Crippen LogP contribution in [0.4, 0.5) is 4.39 Å². The summed E-state index contributed by atoms with van der Waals surface area (Å²) in [7, 11) is 0. The zero-order valence-electron chi connectivity index (χ0n) is 11.1. The van der Waals surface area contributed by atoms with Gasteiger partial charge >= 0.3 is 0 Å². The third-order valence-corrected chi connectivity index (χ3v) is 2.65. The summed E-state index contributed by atoms with van der Waals surface area (Å²) in [5, 5.41) is 11.7. The second-order valence-corrected chi connectivity index (χ2v) is 4.42. The molecular formula is C14H14FN3O2. The molecule has 1 amide bonds. The van der Waals surface area contributed by atoms with Crippen LogP contribution in [0.25, 0.3) is 0 Å². The van der Waals surface area contributed by atoms with Crippen molar-refractivity contribution in [2.24, 2.45) is 0 Å². The number of phenolic OH excluding ortho intramolecular Hbond substituents is 1. The molecule has 0 unspecified atom stereocenters. The van der Waals surface area contributed by atoms with Gasteiger partial charge in [0.2, 0.25) is 0 Å². The van der Waals surface area contributed by atoms with Crippen LogP contribution in [0.5, 0.6) is 5.75 Å². The molecule has 0 bridgehead atoms. The number of hydrogen-bond acceptors (Lipinski definition) is 4. The van der Waals surface area contributed by atoms with Gasteiger partial charge in [-0.3, -0.25) is 4.79 Å². The summed E-state index contributed by atoms with van der Waals surface area (Å²) in [6.45, 7) is 3.84. The summed E-state index contributed by atoms with van der Waals surface area (Å²) in [6.07, 6.45) is 0.